The number of nitrogens with zero attached hydrogens (tertiary/aromatic N) is 1. The Morgan fingerprint density at radius 1 is 1.09 bits per heavy atom. The molecule has 0 aromatic heterocycles. The van der Waals surface area contributed by atoms with E-state index in [0.717, 1.165) is 0 Å². The predicted octanol–water partition coefficient (Wildman–Crippen LogP) is 3.16. The van der Waals surface area contributed by atoms with Crippen molar-refractivity contribution in [3.63, 3.8) is 0 Å². The van der Waals surface area contributed by atoms with Crippen LogP contribution < -0.4 is 0 Å². The molecule has 5 heteroatoms. The van der Waals surface area contributed by atoms with Crippen molar-refractivity contribution in [3.05, 3.63) is 87.6 Å². The lowest BCUT2D eigenvalue weighted by molar-refractivity contribution is -0.415. The Hall–Kier alpha value is -3.39. The second-order valence-electron chi connectivity index (χ2n) is 4.44. The Bertz CT molecular complexity index is 771. The zero-order chi connectivity index (χ0) is 16.5. The van der Waals surface area contributed by atoms with Gasteiger partial charge in [-0.05, 0) is 17.7 Å². The smallest absolute Gasteiger partial charge is 0.339 e. The normalized spacial score (nSPS) is 10.3. The highest BCUT2D eigenvalue weighted by Gasteiger charge is 2.07. The minimum Gasteiger partial charge on any atom is -0.449 e. The van der Waals surface area contributed by atoms with Crippen LogP contribution in [0.2, 0.25) is 0 Å². The molecular formula is C18H13NO4. The van der Waals surface area contributed by atoms with Crippen molar-refractivity contribution in [3.8, 4) is 11.8 Å². The van der Waals surface area contributed by atoms with Gasteiger partial charge in [0.25, 0.3) is 0 Å². The molecule has 0 bridgehead atoms. The molecule has 0 amide bonds. The number of allylic oxidation sites excluding steroid dienone is 1. The van der Waals surface area contributed by atoms with Gasteiger partial charge in [0, 0.05) is 12.0 Å². The Morgan fingerprint density at radius 2 is 1.70 bits per heavy atom. The van der Waals surface area contributed by atoms with Crippen molar-refractivity contribution in [1.82, 2.24) is 0 Å². The molecule has 0 atom stereocenters. The molecule has 2 aromatic rings. The van der Waals surface area contributed by atoms with E-state index in [1.54, 1.807) is 54.6 Å². The van der Waals surface area contributed by atoms with Crippen LogP contribution in [-0.2, 0) is 4.74 Å². The first kappa shape index (κ1) is 16.0. The Labute approximate surface area is 133 Å². The van der Waals surface area contributed by atoms with E-state index in [2.05, 4.69) is 11.8 Å². The number of benzene rings is 2. The SMILES string of the molecule is O=C(OCC#C/C(=C\c1ccccc1)[N+](=O)[O-])c1ccccc1. The number of nitro groups is 1. The van der Waals surface area contributed by atoms with Crippen LogP contribution in [0.1, 0.15) is 15.9 Å². The average molecular weight is 307 g/mol. The summed E-state index contributed by atoms with van der Waals surface area (Å²) in [5, 5.41) is 11.0. The molecule has 5 nitrogen and oxygen atoms in total. The topological polar surface area (TPSA) is 69.4 Å². The van der Waals surface area contributed by atoms with Crippen molar-refractivity contribution < 1.29 is 14.5 Å². The maximum Gasteiger partial charge on any atom is 0.339 e. The van der Waals surface area contributed by atoms with E-state index in [-0.39, 0.29) is 12.3 Å². The second-order valence-corrected chi connectivity index (χ2v) is 4.44. The molecule has 2 rings (SSSR count). The molecule has 0 N–H and O–H groups in total. The van der Waals surface area contributed by atoms with Gasteiger partial charge in [-0.25, -0.2) is 4.79 Å². The van der Waals surface area contributed by atoms with Crippen molar-refractivity contribution in [2.75, 3.05) is 6.61 Å². The van der Waals surface area contributed by atoms with Crippen LogP contribution >= 0.6 is 0 Å². The lowest BCUT2D eigenvalue weighted by Crippen LogP contribution is -2.05. The highest BCUT2D eigenvalue weighted by atomic mass is 16.6. The average Bonchev–Trinajstić information content (AvgIpc) is 2.59. The maximum absolute atomic E-state index is 11.7. The zero-order valence-electron chi connectivity index (χ0n) is 12.1. The molecule has 0 saturated carbocycles. The Morgan fingerprint density at radius 3 is 2.30 bits per heavy atom. The van der Waals surface area contributed by atoms with E-state index in [1.807, 2.05) is 6.07 Å². The van der Waals surface area contributed by atoms with Crippen molar-refractivity contribution in [2.24, 2.45) is 0 Å². The summed E-state index contributed by atoms with van der Waals surface area (Å²) < 4.78 is 4.95. The summed E-state index contributed by atoms with van der Waals surface area (Å²) in [4.78, 5) is 22.1. The number of rotatable bonds is 4. The van der Waals surface area contributed by atoms with Crippen LogP contribution in [0.4, 0.5) is 0 Å². The van der Waals surface area contributed by atoms with Crippen LogP contribution in [0.15, 0.2) is 66.4 Å². The van der Waals surface area contributed by atoms with E-state index < -0.39 is 10.9 Å². The van der Waals surface area contributed by atoms with E-state index in [0.29, 0.717) is 11.1 Å². The Kier molecular flexibility index (Phi) is 5.67. The third kappa shape index (κ3) is 5.14. The number of carbonyl (C=O) groups excluding carboxylic acids is 1. The highest BCUT2D eigenvalue weighted by molar-refractivity contribution is 5.89. The fourth-order valence-electron chi connectivity index (χ4n) is 1.73. The molecule has 0 spiro atoms. The van der Waals surface area contributed by atoms with Gasteiger partial charge in [-0.15, -0.1) is 0 Å². The fourth-order valence-corrected chi connectivity index (χ4v) is 1.73. The van der Waals surface area contributed by atoms with Gasteiger partial charge < -0.3 is 4.74 Å². The molecule has 0 aliphatic heterocycles. The minimum atomic E-state index is -0.570. The summed E-state index contributed by atoms with van der Waals surface area (Å²) >= 11 is 0. The molecular weight excluding hydrogens is 294 g/mol. The van der Waals surface area contributed by atoms with Gasteiger partial charge in [0.15, 0.2) is 6.61 Å². The number of carbonyl (C=O) groups is 1. The highest BCUT2D eigenvalue weighted by Crippen LogP contribution is 2.06. The first-order chi connectivity index (χ1) is 11.2. The predicted molar refractivity (Wildman–Crippen MR) is 85.9 cm³/mol. The largest absolute Gasteiger partial charge is 0.449 e. The number of esters is 1. The summed E-state index contributed by atoms with van der Waals surface area (Å²) in [5.41, 5.74) is 0.824. The van der Waals surface area contributed by atoms with E-state index in [1.165, 1.54) is 6.08 Å². The molecule has 0 aliphatic carbocycles. The van der Waals surface area contributed by atoms with E-state index >= 15 is 0 Å². The van der Waals surface area contributed by atoms with Crippen LogP contribution in [0.3, 0.4) is 0 Å². The molecule has 0 radical (unpaired) electrons. The number of hydrogen-bond donors (Lipinski definition) is 0. The first-order valence-electron chi connectivity index (χ1n) is 6.79. The molecule has 0 heterocycles. The summed E-state index contributed by atoms with van der Waals surface area (Å²) in [6.45, 7) is -0.215. The van der Waals surface area contributed by atoms with E-state index in [4.69, 9.17) is 4.74 Å². The molecule has 2 aromatic carbocycles. The summed E-state index contributed by atoms with van der Waals surface area (Å²) in [7, 11) is 0. The lowest BCUT2D eigenvalue weighted by Gasteiger charge is -1.99. The summed E-state index contributed by atoms with van der Waals surface area (Å²) in [5.74, 6) is 4.38. The maximum atomic E-state index is 11.7. The third-order valence-corrected chi connectivity index (χ3v) is 2.80. The minimum absolute atomic E-state index is 0.215. The van der Waals surface area contributed by atoms with Crippen molar-refractivity contribution in [1.29, 1.82) is 0 Å². The van der Waals surface area contributed by atoms with Crippen LogP contribution in [0, 0.1) is 22.0 Å². The Balaban J connectivity index is 2.00. The fraction of sp³-hybridized carbons (Fsp3) is 0.0556. The molecule has 0 unspecified atom stereocenters. The van der Waals surface area contributed by atoms with Gasteiger partial charge in [-0.3, -0.25) is 10.1 Å². The zero-order valence-corrected chi connectivity index (χ0v) is 12.1. The molecule has 0 saturated heterocycles. The van der Waals surface area contributed by atoms with Gasteiger partial charge in [-0.1, -0.05) is 54.5 Å². The van der Waals surface area contributed by atoms with Gasteiger partial charge in [0.2, 0.25) is 0 Å². The lowest BCUT2D eigenvalue weighted by atomic mass is 10.2. The molecule has 0 fully saturated rings. The van der Waals surface area contributed by atoms with Crippen molar-refractivity contribution >= 4 is 12.0 Å². The summed E-state index contributed by atoms with van der Waals surface area (Å²) in [6.07, 6.45) is 1.37. The second kappa shape index (κ2) is 8.15. The van der Waals surface area contributed by atoms with Gasteiger partial charge in [0.1, 0.15) is 0 Å². The van der Waals surface area contributed by atoms with Crippen molar-refractivity contribution in [2.45, 2.75) is 0 Å². The van der Waals surface area contributed by atoms with Gasteiger partial charge in [0.05, 0.1) is 10.5 Å². The number of hydrogen-bond acceptors (Lipinski definition) is 4. The number of ether oxygens (including phenoxy) is 1. The quantitative estimate of drug-likeness (QED) is 0.376. The van der Waals surface area contributed by atoms with E-state index in [9.17, 15) is 14.9 Å². The van der Waals surface area contributed by atoms with Gasteiger partial charge in [-0.2, -0.15) is 0 Å². The van der Waals surface area contributed by atoms with Crippen LogP contribution in [0.5, 0.6) is 0 Å². The summed E-state index contributed by atoms with van der Waals surface area (Å²) in [6, 6.07) is 17.3. The standard InChI is InChI=1S/C18H13NO4/c20-18(16-10-5-2-6-11-16)23-13-7-12-17(19(21)22)14-15-8-3-1-4-9-15/h1-6,8-11,14H,13H2/b17-14+. The van der Waals surface area contributed by atoms with Crippen LogP contribution in [-0.4, -0.2) is 17.5 Å². The monoisotopic (exact) mass is 307 g/mol. The third-order valence-electron chi connectivity index (χ3n) is 2.80. The molecule has 23 heavy (non-hydrogen) atoms. The molecule has 0 aliphatic rings. The first-order valence-corrected chi connectivity index (χ1v) is 6.79. The molecule has 114 valence electrons. The van der Waals surface area contributed by atoms with Crippen LogP contribution in [0.25, 0.3) is 6.08 Å². The van der Waals surface area contributed by atoms with Gasteiger partial charge >= 0.3 is 11.7 Å².